The fourth-order valence-electron chi connectivity index (χ4n) is 2.12. The minimum atomic E-state index is 0.286. The summed E-state index contributed by atoms with van der Waals surface area (Å²) in [5, 5.41) is 14.6. The van der Waals surface area contributed by atoms with E-state index < -0.39 is 0 Å². The molecule has 0 aliphatic carbocycles. The molecule has 3 N–H and O–H groups in total. The van der Waals surface area contributed by atoms with Crippen LogP contribution in [0, 0.1) is 6.92 Å². The molecule has 0 bridgehead atoms. The van der Waals surface area contributed by atoms with Crippen LogP contribution in [0.5, 0.6) is 5.75 Å². The van der Waals surface area contributed by atoms with E-state index in [1.165, 1.54) is 0 Å². The lowest BCUT2D eigenvalue weighted by atomic mass is 9.99. The largest absolute Gasteiger partial charge is 0.507 e. The lowest BCUT2D eigenvalue weighted by molar-refractivity contribution is 0.385. The second-order valence-corrected chi connectivity index (χ2v) is 5.06. The van der Waals surface area contributed by atoms with Gasteiger partial charge in [0.1, 0.15) is 11.6 Å². The third-order valence-electron chi connectivity index (χ3n) is 3.27. The smallest absolute Gasteiger partial charge is 0.129 e. The van der Waals surface area contributed by atoms with Gasteiger partial charge in [-0.2, -0.15) is 5.10 Å². The van der Waals surface area contributed by atoms with Crippen molar-refractivity contribution in [1.29, 1.82) is 0 Å². The maximum Gasteiger partial charge on any atom is 0.129 e. The third kappa shape index (κ3) is 2.42. The molecule has 0 saturated heterocycles. The van der Waals surface area contributed by atoms with Crippen LogP contribution in [0.1, 0.15) is 11.1 Å². The maximum absolute atomic E-state index is 10.5. The number of nitrogen functional groups attached to an aromatic ring is 1. The Hall–Kier alpha value is -2.01. The SMILES string of the molecule is Cc1ccc(-c2cnn(C)c2N)c(O)c1CN(C)C. The molecule has 0 aliphatic heterocycles. The Morgan fingerprint density at radius 2 is 2.00 bits per heavy atom. The molecule has 2 rings (SSSR count). The van der Waals surface area contributed by atoms with E-state index in [2.05, 4.69) is 5.10 Å². The minimum absolute atomic E-state index is 0.286. The number of phenols is 1. The van der Waals surface area contributed by atoms with Gasteiger partial charge in [-0.05, 0) is 26.6 Å². The van der Waals surface area contributed by atoms with E-state index in [0.717, 1.165) is 22.3 Å². The normalized spacial score (nSPS) is 11.2. The first kappa shape index (κ1) is 13.4. The van der Waals surface area contributed by atoms with Crippen LogP contribution in [0.2, 0.25) is 0 Å². The van der Waals surface area contributed by atoms with Crippen molar-refractivity contribution >= 4 is 5.82 Å². The Bertz CT molecular complexity index is 602. The number of benzene rings is 1. The van der Waals surface area contributed by atoms with Gasteiger partial charge < -0.3 is 15.7 Å². The predicted octanol–water partition coefficient (Wildman–Crippen LogP) is 1.74. The first-order valence-corrected chi connectivity index (χ1v) is 6.15. The molecule has 0 atom stereocenters. The number of hydrogen-bond acceptors (Lipinski definition) is 4. The highest BCUT2D eigenvalue weighted by atomic mass is 16.3. The van der Waals surface area contributed by atoms with Crippen molar-refractivity contribution in [3.63, 3.8) is 0 Å². The number of nitrogens with zero attached hydrogens (tertiary/aromatic N) is 3. The van der Waals surface area contributed by atoms with Crippen molar-refractivity contribution < 1.29 is 5.11 Å². The number of anilines is 1. The summed E-state index contributed by atoms with van der Waals surface area (Å²) < 4.78 is 1.60. The number of aromatic nitrogens is 2. The van der Waals surface area contributed by atoms with E-state index in [-0.39, 0.29) is 5.75 Å². The zero-order valence-electron chi connectivity index (χ0n) is 11.8. The van der Waals surface area contributed by atoms with Crippen molar-refractivity contribution in [2.75, 3.05) is 19.8 Å². The van der Waals surface area contributed by atoms with E-state index >= 15 is 0 Å². The van der Waals surface area contributed by atoms with Crippen LogP contribution in [0.4, 0.5) is 5.82 Å². The van der Waals surface area contributed by atoms with Crippen LogP contribution in [-0.2, 0) is 13.6 Å². The molecule has 0 radical (unpaired) electrons. The lowest BCUT2D eigenvalue weighted by Crippen LogP contribution is -2.12. The van der Waals surface area contributed by atoms with Crippen molar-refractivity contribution in [1.82, 2.24) is 14.7 Å². The van der Waals surface area contributed by atoms with Crippen molar-refractivity contribution in [3.8, 4) is 16.9 Å². The number of hydrogen-bond donors (Lipinski definition) is 2. The highest BCUT2D eigenvalue weighted by Crippen LogP contribution is 2.36. The van der Waals surface area contributed by atoms with E-state index in [1.807, 2.05) is 38.1 Å². The molecule has 0 saturated carbocycles. The monoisotopic (exact) mass is 260 g/mol. The summed E-state index contributed by atoms with van der Waals surface area (Å²) in [6.07, 6.45) is 1.68. The van der Waals surface area contributed by atoms with E-state index in [9.17, 15) is 5.11 Å². The molecule has 1 aromatic heterocycles. The van der Waals surface area contributed by atoms with Gasteiger partial charge in [0.05, 0.1) is 6.20 Å². The number of phenolic OH excluding ortho intramolecular Hbond substituents is 1. The molecule has 19 heavy (non-hydrogen) atoms. The third-order valence-corrected chi connectivity index (χ3v) is 3.27. The Balaban J connectivity index is 2.57. The molecule has 0 fully saturated rings. The van der Waals surface area contributed by atoms with Gasteiger partial charge >= 0.3 is 0 Å². The highest BCUT2D eigenvalue weighted by molar-refractivity contribution is 5.79. The first-order valence-electron chi connectivity index (χ1n) is 6.15. The Kier molecular flexibility index (Phi) is 3.48. The van der Waals surface area contributed by atoms with Crippen LogP contribution >= 0.6 is 0 Å². The van der Waals surface area contributed by atoms with Gasteiger partial charge in [0, 0.05) is 30.3 Å². The van der Waals surface area contributed by atoms with E-state index in [4.69, 9.17) is 5.73 Å². The Morgan fingerprint density at radius 3 is 2.53 bits per heavy atom. The molecule has 0 aliphatic rings. The molecule has 2 aromatic rings. The predicted molar refractivity (Wildman–Crippen MR) is 76.8 cm³/mol. The summed E-state index contributed by atoms with van der Waals surface area (Å²) in [6, 6.07) is 3.89. The summed E-state index contributed by atoms with van der Waals surface area (Å²) in [4.78, 5) is 2.03. The molecule has 1 heterocycles. The number of rotatable bonds is 3. The van der Waals surface area contributed by atoms with Crippen LogP contribution in [0.15, 0.2) is 18.3 Å². The van der Waals surface area contributed by atoms with Crippen molar-refractivity contribution in [2.45, 2.75) is 13.5 Å². The van der Waals surface area contributed by atoms with Crippen LogP contribution in [-0.4, -0.2) is 33.9 Å². The second-order valence-electron chi connectivity index (χ2n) is 5.06. The van der Waals surface area contributed by atoms with Gasteiger partial charge in [-0.25, -0.2) is 0 Å². The summed E-state index contributed by atoms with van der Waals surface area (Å²) >= 11 is 0. The van der Waals surface area contributed by atoms with Gasteiger partial charge in [0.25, 0.3) is 0 Å². The molecular weight excluding hydrogens is 240 g/mol. The highest BCUT2D eigenvalue weighted by Gasteiger charge is 2.16. The average molecular weight is 260 g/mol. The van der Waals surface area contributed by atoms with Crippen molar-refractivity contribution in [3.05, 3.63) is 29.5 Å². The van der Waals surface area contributed by atoms with E-state index in [0.29, 0.717) is 12.4 Å². The lowest BCUT2D eigenvalue weighted by Gasteiger charge is -2.16. The van der Waals surface area contributed by atoms with Gasteiger partial charge in [0.15, 0.2) is 0 Å². The minimum Gasteiger partial charge on any atom is -0.507 e. The van der Waals surface area contributed by atoms with Gasteiger partial charge in [-0.1, -0.05) is 12.1 Å². The zero-order chi connectivity index (χ0) is 14.2. The second kappa shape index (κ2) is 4.93. The summed E-state index contributed by atoms with van der Waals surface area (Å²) in [6.45, 7) is 2.68. The first-order chi connectivity index (χ1) is 8.91. The number of nitrogens with two attached hydrogens (primary N) is 1. The molecule has 5 heteroatoms. The molecule has 0 spiro atoms. The average Bonchev–Trinajstić information content (AvgIpc) is 2.66. The van der Waals surface area contributed by atoms with Gasteiger partial charge in [-0.15, -0.1) is 0 Å². The topological polar surface area (TPSA) is 67.3 Å². The quantitative estimate of drug-likeness (QED) is 0.882. The summed E-state index contributed by atoms with van der Waals surface area (Å²) in [5.41, 5.74) is 9.45. The van der Waals surface area contributed by atoms with Crippen LogP contribution in [0.25, 0.3) is 11.1 Å². The van der Waals surface area contributed by atoms with Gasteiger partial charge in [-0.3, -0.25) is 4.68 Å². The summed E-state index contributed by atoms with van der Waals surface area (Å²) in [5.74, 6) is 0.836. The number of aryl methyl sites for hydroxylation is 2. The zero-order valence-corrected chi connectivity index (χ0v) is 11.8. The van der Waals surface area contributed by atoms with Gasteiger partial charge in [0.2, 0.25) is 0 Å². The molecule has 5 nitrogen and oxygen atoms in total. The maximum atomic E-state index is 10.5. The van der Waals surface area contributed by atoms with Crippen molar-refractivity contribution in [2.24, 2.45) is 7.05 Å². The fourth-order valence-corrected chi connectivity index (χ4v) is 2.12. The molecule has 1 aromatic carbocycles. The van der Waals surface area contributed by atoms with E-state index in [1.54, 1.807) is 17.9 Å². The summed E-state index contributed by atoms with van der Waals surface area (Å²) in [7, 11) is 5.73. The Labute approximate surface area is 113 Å². The number of aromatic hydroxyl groups is 1. The standard InChI is InChI=1S/C14H20N4O/c1-9-5-6-10(11-7-16-18(4)14(11)15)13(19)12(9)8-17(2)3/h5-7,19H,8,15H2,1-4H3. The molecule has 0 unspecified atom stereocenters. The molecular formula is C14H20N4O. The molecule has 0 amide bonds. The Morgan fingerprint density at radius 1 is 1.32 bits per heavy atom. The molecule has 102 valence electrons. The van der Waals surface area contributed by atoms with Crippen LogP contribution in [0.3, 0.4) is 0 Å². The fraction of sp³-hybridized carbons (Fsp3) is 0.357. The van der Waals surface area contributed by atoms with Crippen LogP contribution < -0.4 is 5.73 Å².